The SMILES string of the molecule is CCNC(=NCC(C)c1cccc(C)c1)NC1CCN(c2cccc(C)n2)CC1.I. The molecule has 5 nitrogen and oxygen atoms in total. The first-order chi connectivity index (χ1) is 14.0. The van der Waals surface area contributed by atoms with E-state index in [1.165, 1.54) is 11.1 Å². The summed E-state index contributed by atoms with van der Waals surface area (Å²) >= 11 is 0. The molecular weight excluding hydrogens is 485 g/mol. The van der Waals surface area contributed by atoms with Crippen LogP contribution in [0.3, 0.4) is 0 Å². The molecule has 1 unspecified atom stereocenters. The molecule has 0 radical (unpaired) electrons. The van der Waals surface area contributed by atoms with Crippen LogP contribution < -0.4 is 15.5 Å². The highest BCUT2D eigenvalue weighted by molar-refractivity contribution is 14.0. The molecule has 2 heterocycles. The van der Waals surface area contributed by atoms with Gasteiger partial charge >= 0.3 is 0 Å². The zero-order valence-electron chi connectivity index (χ0n) is 18.7. The summed E-state index contributed by atoms with van der Waals surface area (Å²) < 4.78 is 0. The number of aromatic nitrogens is 1. The van der Waals surface area contributed by atoms with E-state index in [4.69, 9.17) is 4.99 Å². The third-order valence-corrected chi connectivity index (χ3v) is 5.51. The van der Waals surface area contributed by atoms with Crippen LogP contribution in [-0.2, 0) is 0 Å². The maximum atomic E-state index is 4.87. The van der Waals surface area contributed by atoms with E-state index >= 15 is 0 Å². The van der Waals surface area contributed by atoms with Gasteiger partial charge in [-0.25, -0.2) is 4.98 Å². The second-order valence-corrected chi connectivity index (χ2v) is 8.08. The predicted molar refractivity (Wildman–Crippen MR) is 138 cm³/mol. The van der Waals surface area contributed by atoms with Gasteiger partial charge in [0.05, 0.1) is 0 Å². The van der Waals surface area contributed by atoms with E-state index in [1.54, 1.807) is 0 Å². The normalized spacial score (nSPS) is 16.0. The van der Waals surface area contributed by atoms with Crippen molar-refractivity contribution in [2.24, 2.45) is 4.99 Å². The molecule has 0 spiro atoms. The number of pyridine rings is 1. The van der Waals surface area contributed by atoms with Crippen LogP contribution in [0.1, 0.15) is 49.4 Å². The van der Waals surface area contributed by atoms with Crippen LogP contribution in [0, 0.1) is 13.8 Å². The number of anilines is 1. The van der Waals surface area contributed by atoms with Gasteiger partial charge in [-0.1, -0.05) is 42.8 Å². The molecule has 0 amide bonds. The molecule has 0 saturated carbocycles. The lowest BCUT2D eigenvalue weighted by molar-refractivity contribution is 0.459. The first-order valence-electron chi connectivity index (χ1n) is 10.8. The van der Waals surface area contributed by atoms with E-state index in [0.29, 0.717) is 12.0 Å². The number of nitrogens with one attached hydrogen (secondary N) is 2. The van der Waals surface area contributed by atoms with Gasteiger partial charge in [0, 0.05) is 43.8 Å². The minimum absolute atomic E-state index is 0. The smallest absolute Gasteiger partial charge is 0.191 e. The van der Waals surface area contributed by atoms with Gasteiger partial charge in [0.15, 0.2) is 5.96 Å². The Morgan fingerprint density at radius 3 is 2.57 bits per heavy atom. The van der Waals surface area contributed by atoms with Crippen LogP contribution in [-0.4, -0.2) is 43.2 Å². The first kappa shape index (κ1) is 24.4. The van der Waals surface area contributed by atoms with Crippen molar-refractivity contribution in [3.63, 3.8) is 0 Å². The van der Waals surface area contributed by atoms with Crippen molar-refractivity contribution in [1.82, 2.24) is 15.6 Å². The highest BCUT2D eigenvalue weighted by atomic mass is 127. The molecule has 2 N–H and O–H groups in total. The number of piperidine rings is 1. The second kappa shape index (κ2) is 12.1. The molecule has 1 atom stereocenters. The Hall–Kier alpha value is -1.83. The van der Waals surface area contributed by atoms with Crippen LogP contribution in [0.25, 0.3) is 0 Å². The molecule has 1 saturated heterocycles. The number of halogens is 1. The molecule has 1 aliphatic heterocycles. The molecule has 164 valence electrons. The summed E-state index contributed by atoms with van der Waals surface area (Å²) in [4.78, 5) is 11.9. The maximum absolute atomic E-state index is 4.87. The zero-order chi connectivity index (χ0) is 20.6. The maximum Gasteiger partial charge on any atom is 0.191 e. The third-order valence-electron chi connectivity index (χ3n) is 5.51. The third kappa shape index (κ3) is 7.15. The van der Waals surface area contributed by atoms with Gasteiger partial charge in [0.1, 0.15) is 5.82 Å². The molecule has 3 rings (SSSR count). The van der Waals surface area contributed by atoms with Crippen LogP contribution in [0.4, 0.5) is 5.82 Å². The standard InChI is InChI=1S/C24H35N5.HI/c1-5-25-24(26-17-19(3)21-10-6-8-18(2)16-21)28-22-12-14-29(15-13-22)23-11-7-9-20(4)27-23;/h6-11,16,19,22H,5,12-15,17H2,1-4H3,(H2,25,26,28);1H. The molecule has 1 aliphatic rings. The lowest BCUT2D eigenvalue weighted by Crippen LogP contribution is -2.49. The highest BCUT2D eigenvalue weighted by Crippen LogP contribution is 2.19. The van der Waals surface area contributed by atoms with E-state index in [-0.39, 0.29) is 24.0 Å². The largest absolute Gasteiger partial charge is 0.357 e. The molecule has 0 bridgehead atoms. The minimum atomic E-state index is 0. The zero-order valence-corrected chi connectivity index (χ0v) is 21.0. The second-order valence-electron chi connectivity index (χ2n) is 8.08. The number of hydrogen-bond acceptors (Lipinski definition) is 3. The number of nitrogens with zero attached hydrogens (tertiary/aromatic N) is 3. The lowest BCUT2D eigenvalue weighted by Gasteiger charge is -2.34. The monoisotopic (exact) mass is 521 g/mol. The summed E-state index contributed by atoms with van der Waals surface area (Å²) in [5, 5.41) is 7.06. The number of benzene rings is 1. The molecule has 30 heavy (non-hydrogen) atoms. The first-order valence-corrected chi connectivity index (χ1v) is 10.8. The van der Waals surface area contributed by atoms with E-state index in [0.717, 1.165) is 56.5 Å². The van der Waals surface area contributed by atoms with Crippen molar-refractivity contribution < 1.29 is 0 Å². The van der Waals surface area contributed by atoms with Gasteiger partial charge in [-0.2, -0.15) is 0 Å². The Morgan fingerprint density at radius 1 is 1.17 bits per heavy atom. The van der Waals surface area contributed by atoms with Crippen molar-refractivity contribution in [3.8, 4) is 0 Å². The Kier molecular flexibility index (Phi) is 9.88. The van der Waals surface area contributed by atoms with E-state index in [2.05, 4.69) is 90.7 Å². The molecule has 1 aromatic heterocycles. The molecule has 2 aromatic rings. The Morgan fingerprint density at radius 2 is 1.90 bits per heavy atom. The summed E-state index contributed by atoms with van der Waals surface area (Å²) in [5.41, 5.74) is 3.73. The topological polar surface area (TPSA) is 52.6 Å². The molecule has 6 heteroatoms. The fraction of sp³-hybridized carbons (Fsp3) is 0.500. The van der Waals surface area contributed by atoms with E-state index in [1.807, 2.05) is 0 Å². The van der Waals surface area contributed by atoms with Gasteiger partial charge in [0.25, 0.3) is 0 Å². The predicted octanol–water partition coefficient (Wildman–Crippen LogP) is 4.64. The Labute approximate surface area is 198 Å². The van der Waals surface area contributed by atoms with Crippen molar-refractivity contribution in [3.05, 3.63) is 59.3 Å². The van der Waals surface area contributed by atoms with Crippen LogP contribution in [0.15, 0.2) is 47.5 Å². The van der Waals surface area contributed by atoms with E-state index < -0.39 is 0 Å². The number of rotatable bonds is 6. The molecule has 1 aromatic carbocycles. The van der Waals surface area contributed by atoms with Crippen molar-refractivity contribution in [2.45, 2.75) is 52.5 Å². The summed E-state index contributed by atoms with van der Waals surface area (Å²) in [6.45, 7) is 12.3. The summed E-state index contributed by atoms with van der Waals surface area (Å²) in [6.07, 6.45) is 2.18. The molecule has 1 fully saturated rings. The number of guanidine groups is 1. The number of aliphatic imine (C=N–C) groups is 1. The van der Waals surface area contributed by atoms with Crippen molar-refractivity contribution in [2.75, 3.05) is 31.1 Å². The Balaban J connectivity index is 0.00000320. The fourth-order valence-corrected chi connectivity index (χ4v) is 3.78. The molecular formula is C24H36IN5. The van der Waals surface area contributed by atoms with Crippen LogP contribution >= 0.6 is 24.0 Å². The quantitative estimate of drug-likeness (QED) is 0.331. The Bertz CT molecular complexity index is 815. The van der Waals surface area contributed by atoms with Crippen LogP contribution in [0.5, 0.6) is 0 Å². The minimum Gasteiger partial charge on any atom is -0.357 e. The van der Waals surface area contributed by atoms with Gasteiger partial charge < -0.3 is 15.5 Å². The van der Waals surface area contributed by atoms with Crippen molar-refractivity contribution in [1.29, 1.82) is 0 Å². The summed E-state index contributed by atoms with van der Waals surface area (Å²) in [5.74, 6) is 2.43. The van der Waals surface area contributed by atoms with Gasteiger partial charge in [-0.15, -0.1) is 24.0 Å². The average Bonchev–Trinajstić information content (AvgIpc) is 2.72. The summed E-state index contributed by atoms with van der Waals surface area (Å²) in [6, 6.07) is 15.4. The highest BCUT2D eigenvalue weighted by Gasteiger charge is 2.21. The summed E-state index contributed by atoms with van der Waals surface area (Å²) in [7, 11) is 0. The van der Waals surface area contributed by atoms with E-state index in [9.17, 15) is 0 Å². The number of aryl methyl sites for hydroxylation is 2. The van der Waals surface area contributed by atoms with Gasteiger partial charge in [0.2, 0.25) is 0 Å². The fourth-order valence-electron chi connectivity index (χ4n) is 3.78. The average molecular weight is 521 g/mol. The molecule has 0 aliphatic carbocycles. The van der Waals surface area contributed by atoms with Gasteiger partial charge in [-0.3, -0.25) is 4.99 Å². The van der Waals surface area contributed by atoms with Crippen molar-refractivity contribution >= 4 is 35.8 Å². The lowest BCUT2D eigenvalue weighted by atomic mass is 10.00. The van der Waals surface area contributed by atoms with Crippen LogP contribution in [0.2, 0.25) is 0 Å². The number of hydrogen-bond donors (Lipinski definition) is 2. The van der Waals surface area contributed by atoms with Gasteiger partial charge in [-0.05, 0) is 51.3 Å².